The number of anilines is 1. The Bertz CT molecular complexity index is 1350. The minimum absolute atomic E-state index is 0.0633. The molecule has 4 rings (SSSR count). The summed E-state index contributed by atoms with van der Waals surface area (Å²) < 4.78 is 5.00. The van der Waals surface area contributed by atoms with Gasteiger partial charge in [0.15, 0.2) is 5.65 Å². The molecule has 1 aliphatic rings. The van der Waals surface area contributed by atoms with Gasteiger partial charge in [-0.1, -0.05) is 30.3 Å². The Morgan fingerprint density at radius 2 is 1.93 bits per heavy atom. The molecule has 0 radical (unpaired) electrons. The first-order valence-corrected chi connectivity index (χ1v) is 12.4. The first-order chi connectivity index (χ1) is 19.3. The highest BCUT2D eigenvalue weighted by Gasteiger charge is 2.38. The average Bonchev–Trinajstić information content (AvgIpc) is 3.48. The number of aromatic amines is 1. The molecule has 15 heteroatoms. The fourth-order valence-electron chi connectivity index (χ4n) is 3.89. The second-order valence-corrected chi connectivity index (χ2v) is 8.85. The molecular formula is C25H28N8O7. The maximum Gasteiger partial charge on any atom is 0.408 e. The number of aliphatic carboxylic acids is 1. The smallest absolute Gasteiger partial charge is 0.408 e. The van der Waals surface area contributed by atoms with Crippen molar-refractivity contribution >= 4 is 47.0 Å². The number of nitrogens with one attached hydrogen (secondary N) is 5. The van der Waals surface area contributed by atoms with E-state index < -0.39 is 55.1 Å². The van der Waals surface area contributed by atoms with E-state index in [0.29, 0.717) is 42.1 Å². The first kappa shape index (κ1) is 27.8. The van der Waals surface area contributed by atoms with Crippen LogP contribution in [-0.4, -0.2) is 86.6 Å². The van der Waals surface area contributed by atoms with E-state index in [1.165, 1.54) is 0 Å². The molecule has 0 bridgehead atoms. The van der Waals surface area contributed by atoms with Crippen LogP contribution >= 0.6 is 0 Å². The first-order valence-electron chi connectivity index (χ1n) is 12.4. The van der Waals surface area contributed by atoms with E-state index in [0.717, 1.165) is 4.90 Å². The molecule has 5 amide bonds. The lowest BCUT2D eigenvalue weighted by molar-refractivity contribution is -0.139. The van der Waals surface area contributed by atoms with Crippen LogP contribution in [0.2, 0.25) is 0 Å². The van der Waals surface area contributed by atoms with Crippen molar-refractivity contribution in [1.29, 1.82) is 0 Å². The number of hydrogen-bond acceptors (Lipinski definition) is 9. The molecule has 2 atom stereocenters. The maximum atomic E-state index is 12.7. The lowest BCUT2D eigenvalue weighted by Crippen LogP contribution is -2.50. The lowest BCUT2D eigenvalue weighted by atomic mass is 10.1. The number of urea groups is 1. The number of carbonyl (C=O) groups is 5. The highest BCUT2D eigenvalue weighted by atomic mass is 16.5. The summed E-state index contributed by atoms with van der Waals surface area (Å²) in [5, 5.41) is 19.5. The van der Waals surface area contributed by atoms with E-state index in [-0.39, 0.29) is 6.61 Å². The second-order valence-electron chi connectivity index (χ2n) is 8.85. The van der Waals surface area contributed by atoms with Gasteiger partial charge < -0.3 is 36.1 Å². The Labute approximate surface area is 227 Å². The van der Waals surface area contributed by atoms with Crippen LogP contribution in [0.5, 0.6) is 0 Å². The van der Waals surface area contributed by atoms with E-state index >= 15 is 0 Å². The van der Waals surface area contributed by atoms with Gasteiger partial charge in [-0.2, -0.15) is 0 Å². The predicted octanol–water partition coefficient (Wildman–Crippen LogP) is 0.566. The molecule has 3 aromatic rings. The molecule has 1 aliphatic heterocycles. The van der Waals surface area contributed by atoms with Crippen LogP contribution in [0, 0.1) is 0 Å². The quantitative estimate of drug-likeness (QED) is 0.128. The fourth-order valence-corrected chi connectivity index (χ4v) is 3.89. The van der Waals surface area contributed by atoms with Crippen LogP contribution in [0.3, 0.4) is 0 Å². The number of imidazole rings is 1. The number of pyridine rings is 1. The van der Waals surface area contributed by atoms with Gasteiger partial charge in [-0.15, -0.1) is 0 Å². The number of aromatic nitrogens is 3. The van der Waals surface area contributed by atoms with Crippen molar-refractivity contribution < 1.29 is 33.8 Å². The number of amides is 5. The lowest BCUT2D eigenvalue weighted by Gasteiger charge is -2.17. The zero-order valence-electron chi connectivity index (χ0n) is 21.3. The van der Waals surface area contributed by atoms with Crippen LogP contribution in [0.4, 0.5) is 15.5 Å². The molecule has 1 saturated heterocycles. The summed E-state index contributed by atoms with van der Waals surface area (Å²) in [6, 6.07) is 9.38. The number of carboxylic acids is 1. The highest BCUT2D eigenvalue weighted by molar-refractivity contribution is 6.06. The largest absolute Gasteiger partial charge is 0.480 e. The third-order valence-corrected chi connectivity index (χ3v) is 5.93. The van der Waals surface area contributed by atoms with Gasteiger partial charge in [0, 0.05) is 19.3 Å². The normalized spacial score (nSPS) is 15.4. The Morgan fingerprint density at radius 1 is 1.12 bits per heavy atom. The number of ether oxygens (including phenoxy) is 1. The molecular weight excluding hydrogens is 524 g/mol. The Kier molecular flexibility index (Phi) is 9.07. The minimum Gasteiger partial charge on any atom is -0.480 e. The summed E-state index contributed by atoms with van der Waals surface area (Å²) in [6.45, 7) is -0.676. The number of H-pyrrole nitrogens is 1. The molecule has 40 heavy (non-hydrogen) atoms. The third kappa shape index (κ3) is 7.43. The Hall–Kier alpha value is -5.21. The number of alkyl carbamates (subject to hydrolysis) is 1. The molecule has 0 saturated carbocycles. The van der Waals surface area contributed by atoms with Gasteiger partial charge in [-0.25, -0.2) is 24.4 Å². The highest BCUT2D eigenvalue weighted by Crippen LogP contribution is 2.13. The monoisotopic (exact) mass is 552 g/mol. The van der Waals surface area contributed by atoms with Crippen molar-refractivity contribution in [3.63, 3.8) is 0 Å². The summed E-state index contributed by atoms with van der Waals surface area (Å²) in [5.74, 6) is -2.20. The standard InChI is InChI=1S/C25H28N8O7/c34-19(28-12-18(22(36)37)31-25(39)40-14-15-6-2-1-3-7-15)13-33-21(35)17(30-24(33)38)9-5-11-27-23-29-16-8-4-10-26-20(16)32-23/h1-4,6-8,10,17-18H,5,9,11-14H2,(H,28,34)(H,30,38)(H,31,39)(H,36,37)(H2,26,27,29,32)/t17-,18-/m0/s1. The summed E-state index contributed by atoms with van der Waals surface area (Å²) in [4.78, 5) is 73.1. The summed E-state index contributed by atoms with van der Waals surface area (Å²) in [7, 11) is 0. The number of benzene rings is 1. The van der Waals surface area contributed by atoms with Gasteiger partial charge in [0.25, 0.3) is 5.91 Å². The van der Waals surface area contributed by atoms with Gasteiger partial charge in [0.2, 0.25) is 11.9 Å². The number of fused-ring (bicyclic) bond motifs is 1. The van der Waals surface area contributed by atoms with Gasteiger partial charge in [-0.05, 0) is 30.5 Å². The number of carboxylic acid groups (broad SMARTS) is 1. The van der Waals surface area contributed by atoms with Crippen LogP contribution in [0.1, 0.15) is 18.4 Å². The van der Waals surface area contributed by atoms with E-state index in [9.17, 15) is 29.1 Å². The van der Waals surface area contributed by atoms with Crippen LogP contribution in [0.15, 0.2) is 48.7 Å². The molecule has 1 aromatic carbocycles. The molecule has 210 valence electrons. The predicted molar refractivity (Wildman–Crippen MR) is 140 cm³/mol. The minimum atomic E-state index is -1.49. The summed E-state index contributed by atoms with van der Waals surface area (Å²) >= 11 is 0. The van der Waals surface area contributed by atoms with Crippen molar-refractivity contribution in [3.05, 3.63) is 54.2 Å². The van der Waals surface area contributed by atoms with E-state index in [2.05, 4.69) is 36.2 Å². The van der Waals surface area contributed by atoms with E-state index in [1.807, 2.05) is 6.07 Å². The number of carbonyl (C=O) groups excluding carboxylic acids is 4. The van der Waals surface area contributed by atoms with Crippen LogP contribution in [0.25, 0.3) is 11.2 Å². The Balaban J connectivity index is 1.17. The fraction of sp³-hybridized carbons (Fsp3) is 0.320. The van der Waals surface area contributed by atoms with Crippen LogP contribution in [-0.2, 0) is 25.7 Å². The van der Waals surface area contributed by atoms with Crippen molar-refractivity contribution in [2.24, 2.45) is 0 Å². The topological polar surface area (TPSA) is 208 Å². The molecule has 0 spiro atoms. The third-order valence-electron chi connectivity index (χ3n) is 5.93. The summed E-state index contributed by atoms with van der Waals surface area (Å²) in [6.07, 6.45) is 1.52. The van der Waals surface area contributed by atoms with Crippen LogP contribution < -0.4 is 21.3 Å². The number of rotatable bonds is 13. The molecule has 6 N–H and O–H groups in total. The molecule has 0 aliphatic carbocycles. The Morgan fingerprint density at radius 3 is 2.67 bits per heavy atom. The average molecular weight is 553 g/mol. The van der Waals surface area contributed by atoms with Crippen molar-refractivity contribution in [2.45, 2.75) is 31.5 Å². The van der Waals surface area contributed by atoms with Gasteiger partial charge in [-0.3, -0.25) is 14.5 Å². The zero-order valence-corrected chi connectivity index (χ0v) is 21.3. The van der Waals surface area contributed by atoms with Gasteiger partial charge in [0.05, 0.1) is 0 Å². The number of imide groups is 1. The molecule has 15 nitrogen and oxygen atoms in total. The number of hydrogen-bond donors (Lipinski definition) is 6. The summed E-state index contributed by atoms with van der Waals surface area (Å²) in [5.41, 5.74) is 2.07. The van der Waals surface area contributed by atoms with Crippen molar-refractivity contribution in [2.75, 3.05) is 25.0 Å². The number of nitrogens with zero attached hydrogens (tertiary/aromatic N) is 3. The SMILES string of the molecule is O=C(CN1C(=O)N[C@@H](CCCNc2nc3cccnc3[nH]2)C1=O)NC[C@H](NC(=O)OCc1ccccc1)C(=O)O. The van der Waals surface area contributed by atoms with Gasteiger partial charge in [0.1, 0.15) is 30.8 Å². The second kappa shape index (κ2) is 13.0. The molecule has 2 aromatic heterocycles. The maximum absolute atomic E-state index is 12.7. The van der Waals surface area contributed by atoms with Crippen molar-refractivity contribution in [1.82, 2.24) is 35.8 Å². The van der Waals surface area contributed by atoms with Gasteiger partial charge >= 0.3 is 18.1 Å². The van der Waals surface area contributed by atoms with E-state index in [4.69, 9.17) is 4.74 Å². The molecule has 3 heterocycles. The zero-order chi connectivity index (χ0) is 28.5. The van der Waals surface area contributed by atoms with E-state index in [1.54, 1.807) is 42.6 Å². The molecule has 1 fully saturated rings. The molecule has 0 unspecified atom stereocenters. The van der Waals surface area contributed by atoms with Crippen molar-refractivity contribution in [3.8, 4) is 0 Å².